The van der Waals surface area contributed by atoms with Gasteiger partial charge in [0.1, 0.15) is 11.8 Å². The molecule has 10 nitrogen and oxygen atoms in total. The molecule has 0 bridgehead atoms. The molecule has 152 valence electrons. The lowest BCUT2D eigenvalue weighted by atomic mass is 10.2. The molecule has 5 aromatic rings. The van der Waals surface area contributed by atoms with Crippen molar-refractivity contribution in [3.8, 4) is 17.2 Å². The Hall–Kier alpha value is -4.60. The average Bonchev–Trinajstić information content (AvgIpc) is 3.55. The van der Waals surface area contributed by atoms with Gasteiger partial charge in [-0.05, 0) is 36.4 Å². The van der Waals surface area contributed by atoms with Crippen LogP contribution in [0.3, 0.4) is 0 Å². The SMILES string of the molecule is c1cn(-c2ccc(Nc3nc4ncnc(Nc5ccc6c(c5)OCO6)c4[nH]3)cc2)cn1. The van der Waals surface area contributed by atoms with Crippen molar-refractivity contribution in [3.63, 3.8) is 0 Å². The Morgan fingerprint density at radius 1 is 0.935 bits per heavy atom. The summed E-state index contributed by atoms with van der Waals surface area (Å²) in [6.07, 6.45) is 6.88. The third-order valence-electron chi connectivity index (χ3n) is 4.86. The van der Waals surface area contributed by atoms with Gasteiger partial charge in [0.05, 0.1) is 6.33 Å². The fourth-order valence-electron chi connectivity index (χ4n) is 3.36. The van der Waals surface area contributed by atoms with Crippen LogP contribution in [0.25, 0.3) is 16.9 Å². The molecular formula is C21H16N8O2. The van der Waals surface area contributed by atoms with Gasteiger partial charge in [-0.2, -0.15) is 4.98 Å². The number of hydrogen-bond acceptors (Lipinski definition) is 8. The molecule has 2 aromatic carbocycles. The minimum Gasteiger partial charge on any atom is -0.454 e. The number of anilines is 4. The Kier molecular flexibility index (Phi) is 3.91. The Balaban J connectivity index is 1.25. The summed E-state index contributed by atoms with van der Waals surface area (Å²) >= 11 is 0. The summed E-state index contributed by atoms with van der Waals surface area (Å²) in [7, 11) is 0. The van der Waals surface area contributed by atoms with Gasteiger partial charge in [-0.15, -0.1) is 0 Å². The van der Waals surface area contributed by atoms with Crippen molar-refractivity contribution < 1.29 is 9.47 Å². The van der Waals surface area contributed by atoms with Crippen LogP contribution in [0.5, 0.6) is 11.5 Å². The number of benzene rings is 2. The minimum atomic E-state index is 0.232. The minimum absolute atomic E-state index is 0.232. The first-order valence-corrected chi connectivity index (χ1v) is 9.55. The molecule has 0 fully saturated rings. The van der Waals surface area contributed by atoms with Crippen molar-refractivity contribution in [3.05, 3.63) is 67.5 Å². The number of imidazole rings is 2. The van der Waals surface area contributed by atoms with Crippen LogP contribution in [0, 0.1) is 0 Å². The highest BCUT2D eigenvalue weighted by Crippen LogP contribution is 2.35. The quantitative estimate of drug-likeness (QED) is 0.400. The molecule has 10 heteroatoms. The van der Waals surface area contributed by atoms with Crippen molar-refractivity contribution >= 4 is 34.3 Å². The highest BCUT2D eigenvalue weighted by Gasteiger charge is 2.15. The predicted molar refractivity (Wildman–Crippen MR) is 114 cm³/mol. The van der Waals surface area contributed by atoms with E-state index in [1.807, 2.05) is 53.2 Å². The predicted octanol–water partition coefficient (Wildman–Crippen LogP) is 3.75. The molecule has 3 aromatic heterocycles. The molecule has 1 aliphatic rings. The number of aromatic amines is 1. The van der Waals surface area contributed by atoms with E-state index in [0.29, 0.717) is 28.7 Å². The van der Waals surface area contributed by atoms with E-state index in [-0.39, 0.29) is 6.79 Å². The van der Waals surface area contributed by atoms with Crippen LogP contribution in [0.15, 0.2) is 67.5 Å². The van der Waals surface area contributed by atoms with Gasteiger partial charge in [0.2, 0.25) is 12.7 Å². The summed E-state index contributed by atoms with van der Waals surface area (Å²) in [4.78, 5) is 20.5. The summed E-state index contributed by atoms with van der Waals surface area (Å²) in [6.45, 7) is 0.232. The van der Waals surface area contributed by atoms with Gasteiger partial charge < -0.3 is 29.7 Å². The number of nitrogens with zero attached hydrogens (tertiary/aromatic N) is 5. The summed E-state index contributed by atoms with van der Waals surface area (Å²) < 4.78 is 12.7. The first kappa shape index (κ1) is 17.3. The van der Waals surface area contributed by atoms with Crippen LogP contribution in [0.1, 0.15) is 0 Å². The summed E-state index contributed by atoms with van der Waals surface area (Å²) in [5.74, 6) is 2.60. The maximum Gasteiger partial charge on any atom is 0.231 e. The summed E-state index contributed by atoms with van der Waals surface area (Å²) in [5.41, 5.74) is 3.98. The van der Waals surface area contributed by atoms with Crippen LogP contribution >= 0.6 is 0 Å². The van der Waals surface area contributed by atoms with Gasteiger partial charge in [0.25, 0.3) is 0 Å². The first-order chi connectivity index (χ1) is 15.3. The zero-order valence-electron chi connectivity index (χ0n) is 16.1. The zero-order chi connectivity index (χ0) is 20.6. The Labute approximate surface area is 175 Å². The van der Waals surface area contributed by atoms with Crippen LogP contribution in [0.4, 0.5) is 23.1 Å². The molecule has 0 saturated carbocycles. The molecule has 1 aliphatic heterocycles. The van der Waals surface area contributed by atoms with Crippen LogP contribution in [0.2, 0.25) is 0 Å². The van der Waals surface area contributed by atoms with Gasteiger partial charge in [0.15, 0.2) is 23.0 Å². The second kappa shape index (κ2) is 7.02. The maximum atomic E-state index is 5.44. The lowest BCUT2D eigenvalue weighted by molar-refractivity contribution is 0.174. The number of fused-ring (bicyclic) bond motifs is 2. The smallest absolute Gasteiger partial charge is 0.231 e. The van der Waals surface area contributed by atoms with Gasteiger partial charge in [-0.1, -0.05) is 0 Å². The van der Waals surface area contributed by atoms with E-state index < -0.39 is 0 Å². The molecule has 0 saturated heterocycles. The van der Waals surface area contributed by atoms with E-state index in [1.165, 1.54) is 6.33 Å². The van der Waals surface area contributed by atoms with E-state index in [0.717, 1.165) is 22.8 Å². The third-order valence-corrected chi connectivity index (χ3v) is 4.86. The topological polar surface area (TPSA) is 115 Å². The van der Waals surface area contributed by atoms with Crippen molar-refractivity contribution in [2.24, 2.45) is 0 Å². The Bertz CT molecular complexity index is 1360. The number of ether oxygens (including phenoxy) is 2. The molecule has 6 rings (SSSR count). The monoisotopic (exact) mass is 412 g/mol. The van der Waals surface area contributed by atoms with E-state index in [9.17, 15) is 0 Å². The maximum absolute atomic E-state index is 5.44. The Morgan fingerprint density at radius 2 is 1.81 bits per heavy atom. The fraction of sp³-hybridized carbons (Fsp3) is 0.0476. The van der Waals surface area contributed by atoms with E-state index >= 15 is 0 Å². The molecule has 0 atom stereocenters. The van der Waals surface area contributed by atoms with Crippen LogP contribution in [-0.4, -0.2) is 36.3 Å². The standard InChI is InChI=1S/C21H16N8O2/c1-4-15(29-8-7-22-11-29)5-2-13(1)26-21-27-18-19(23-10-24-20(18)28-21)25-14-3-6-16-17(9-14)31-12-30-16/h1-11H,12H2,(H3,23,24,25,26,27,28). The van der Waals surface area contributed by atoms with Crippen molar-refractivity contribution in [2.45, 2.75) is 0 Å². The van der Waals surface area contributed by atoms with Crippen LogP contribution < -0.4 is 20.1 Å². The van der Waals surface area contributed by atoms with Crippen molar-refractivity contribution in [2.75, 3.05) is 17.4 Å². The van der Waals surface area contributed by atoms with E-state index in [1.54, 1.807) is 12.5 Å². The summed E-state index contributed by atoms with van der Waals surface area (Å²) in [5, 5.41) is 6.55. The highest BCUT2D eigenvalue weighted by atomic mass is 16.7. The lowest BCUT2D eigenvalue weighted by Gasteiger charge is -2.07. The second-order valence-corrected chi connectivity index (χ2v) is 6.84. The highest BCUT2D eigenvalue weighted by molar-refractivity contribution is 5.87. The molecule has 4 heterocycles. The first-order valence-electron chi connectivity index (χ1n) is 9.55. The molecule has 0 aliphatic carbocycles. The van der Waals surface area contributed by atoms with Gasteiger partial charge in [-0.25, -0.2) is 15.0 Å². The number of rotatable bonds is 5. The number of nitrogens with one attached hydrogen (secondary N) is 3. The summed E-state index contributed by atoms with van der Waals surface area (Å²) in [6, 6.07) is 13.6. The normalized spacial score (nSPS) is 12.3. The van der Waals surface area contributed by atoms with Crippen LogP contribution in [-0.2, 0) is 0 Å². The van der Waals surface area contributed by atoms with Crippen molar-refractivity contribution in [1.82, 2.24) is 29.5 Å². The number of H-pyrrole nitrogens is 1. The molecule has 3 N–H and O–H groups in total. The van der Waals surface area contributed by atoms with Gasteiger partial charge in [0, 0.05) is 35.5 Å². The van der Waals surface area contributed by atoms with E-state index in [4.69, 9.17) is 9.47 Å². The largest absolute Gasteiger partial charge is 0.454 e. The molecule has 0 amide bonds. The Morgan fingerprint density at radius 3 is 2.68 bits per heavy atom. The molecule has 0 spiro atoms. The zero-order valence-corrected chi connectivity index (χ0v) is 16.1. The average molecular weight is 412 g/mol. The molecule has 31 heavy (non-hydrogen) atoms. The fourth-order valence-corrected chi connectivity index (χ4v) is 3.36. The molecule has 0 unspecified atom stereocenters. The van der Waals surface area contributed by atoms with Gasteiger partial charge >= 0.3 is 0 Å². The molecular weight excluding hydrogens is 396 g/mol. The van der Waals surface area contributed by atoms with Gasteiger partial charge in [-0.3, -0.25) is 0 Å². The third kappa shape index (κ3) is 3.25. The number of aromatic nitrogens is 6. The molecule has 0 radical (unpaired) electrons. The number of hydrogen-bond donors (Lipinski definition) is 3. The lowest BCUT2D eigenvalue weighted by Crippen LogP contribution is -1.96. The van der Waals surface area contributed by atoms with E-state index in [2.05, 4.69) is 35.6 Å². The van der Waals surface area contributed by atoms with Crippen molar-refractivity contribution in [1.29, 1.82) is 0 Å². The second-order valence-electron chi connectivity index (χ2n) is 6.84.